The highest BCUT2D eigenvalue weighted by atomic mass is 19.1. The smallest absolute Gasteiger partial charge is 0.290 e. The first kappa shape index (κ1) is 17.1. The number of nitrogens with zero attached hydrogens (tertiary/aromatic N) is 1. The van der Waals surface area contributed by atoms with Crippen LogP contribution in [-0.4, -0.2) is 15.2 Å². The minimum atomic E-state index is -0.309. The molecule has 0 atom stereocenters. The van der Waals surface area contributed by atoms with Gasteiger partial charge in [0, 0.05) is 17.4 Å². The molecule has 5 aromatic rings. The van der Waals surface area contributed by atoms with Gasteiger partial charge in [-0.05, 0) is 41.5 Å². The number of hydrogen-bond acceptors (Lipinski definition) is 3. The first-order chi connectivity index (χ1) is 14.1. The fourth-order valence-electron chi connectivity index (χ4n) is 3.65. The van der Waals surface area contributed by atoms with E-state index in [0.717, 1.165) is 33.2 Å². The topological polar surface area (TPSA) is 102 Å². The maximum Gasteiger partial charge on any atom is 0.351 e. The lowest BCUT2D eigenvalue weighted by molar-refractivity contribution is -0.325. The van der Waals surface area contributed by atoms with E-state index in [9.17, 15) is 9.18 Å². The molecule has 2 heterocycles. The van der Waals surface area contributed by atoms with Crippen LogP contribution in [0.1, 0.15) is 11.3 Å². The summed E-state index contributed by atoms with van der Waals surface area (Å²) in [5.41, 5.74) is 10.1. The summed E-state index contributed by atoms with van der Waals surface area (Å²) < 4.78 is 14.6. The van der Waals surface area contributed by atoms with Crippen LogP contribution < -0.4 is 16.3 Å². The zero-order valence-electron chi connectivity index (χ0n) is 15.3. The molecule has 0 amide bonds. The standard InChI is InChI=1S/C22H16FN5O/c23-17-7-5-12(10-19-14-3-1-2-4-15(14)21(29)28-27-19)9-16(17)13-6-8-18-20(11-13)26-22(24)25-18/h1-9,11H,10H2,(H,28,29)(H3,24,25,26)/p+1. The monoisotopic (exact) mass is 386 g/mol. The second-order valence-corrected chi connectivity index (χ2v) is 6.96. The summed E-state index contributed by atoms with van der Waals surface area (Å²) in [6, 6.07) is 17.9. The maximum atomic E-state index is 14.6. The van der Waals surface area contributed by atoms with Crippen molar-refractivity contribution in [3.05, 3.63) is 88.1 Å². The normalized spacial score (nSPS) is 11.3. The van der Waals surface area contributed by atoms with Crippen LogP contribution in [0.2, 0.25) is 0 Å². The summed E-state index contributed by atoms with van der Waals surface area (Å²) in [6.45, 7) is 0. The summed E-state index contributed by atoms with van der Waals surface area (Å²) in [5, 5.41) is 8.14. The number of nitrogens with one attached hydrogen (secondary N) is 3. The number of aromatic nitrogens is 4. The summed E-state index contributed by atoms with van der Waals surface area (Å²) in [5.74, 6) is 0.137. The van der Waals surface area contributed by atoms with Crippen molar-refractivity contribution in [1.29, 1.82) is 0 Å². The molecule has 0 aliphatic rings. The number of nitrogen functional groups attached to an aromatic ring is 1. The number of rotatable bonds is 3. The average molecular weight is 386 g/mol. The maximum absolute atomic E-state index is 14.6. The zero-order chi connectivity index (χ0) is 20.0. The summed E-state index contributed by atoms with van der Waals surface area (Å²) >= 11 is 0. The zero-order valence-corrected chi connectivity index (χ0v) is 15.3. The van der Waals surface area contributed by atoms with Gasteiger partial charge in [0.2, 0.25) is 0 Å². The van der Waals surface area contributed by atoms with Gasteiger partial charge >= 0.3 is 5.95 Å². The van der Waals surface area contributed by atoms with Gasteiger partial charge in [-0.3, -0.25) is 10.5 Å². The van der Waals surface area contributed by atoms with E-state index in [0.29, 0.717) is 23.3 Å². The van der Waals surface area contributed by atoms with Crippen molar-refractivity contribution in [2.24, 2.45) is 0 Å². The Morgan fingerprint density at radius 1 is 1.03 bits per heavy atom. The van der Waals surface area contributed by atoms with Gasteiger partial charge in [-0.25, -0.2) is 19.5 Å². The van der Waals surface area contributed by atoms with E-state index in [1.165, 1.54) is 6.07 Å². The van der Waals surface area contributed by atoms with Crippen molar-refractivity contribution >= 4 is 27.8 Å². The average Bonchev–Trinajstić information content (AvgIpc) is 3.11. The highest BCUT2D eigenvalue weighted by Crippen LogP contribution is 2.27. The molecule has 0 saturated carbocycles. The molecule has 5 N–H and O–H groups in total. The number of fused-ring (bicyclic) bond motifs is 2. The molecule has 0 unspecified atom stereocenters. The molecular formula is C22H17FN5O+. The molecule has 3 aromatic carbocycles. The second kappa shape index (κ2) is 6.56. The van der Waals surface area contributed by atoms with Gasteiger partial charge < -0.3 is 0 Å². The van der Waals surface area contributed by atoms with E-state index in [-0.39, 0.29) is 11.4 Å². The van der Waals surface area contributed by atoms with Crippen LogP contribution in [-0.2, 0) is 6.42 Å². The SMILES string of the molecule is Nc1[nH]c2cc(-c3cc(Cc4n[nH]c(=O)c5ccccc45)ccc3F)ccc2[nH+]1. The van der Waals surface area contributed by atoms with E-state index in [4.69, 9.17) is 5.73 Å². The Kier molecular flexibility index (Phi) is 3.87. The predicted molar refractivity (Wildman–Crippen MR) is 110 cm³/mol. The van der Waals surface area contributed by atoms with Gasteiger partial charge in [0.15, 0.2) is 0 Å². The molecule has 0 radical (unpaired) electrons. The Morgan fingerprint density at radius 3 is 2.72 bits per heavy atom. The Hall–Kier alpha value is -4.00. The number of anilines is 1. The van der Waals surface area contributed by atoms with Crippen LogP contribution in [0.25, 0.3) is 32.9 Å². The second-order valence-electron chi connectivity index (χ2n) is 6.96. The number of benzene rings is 3. The highest BCUT2D eigenvalue weighted by molar-refractivity contribution is 5.84. The molecule has 142 valence electrons. The quantitative estimate of drug-likeness (QED) is 0.444. The number of nitrogens with two attached hydrogens (primary N) is 1. The van der Waals surface area contributed by atoms with Crippen molar-refractivity contribution in [2.45, 2.75) is 6.42 Å². The van der Waals surface area contributed by atoms with E-state index in [2.05, 4.69) is 20.2 Å². The van der Waals surface area contributed by atoms with Crippen LogP contribution in [0.4, 0.5) is 10.3 Å². The molecule has 2 aromatic heterocycles. The van der Waals surface area contributed by atoms with Crippen molar-refractivity contribution in [3.8, 4) is 11.1 Å². The number of hydrogen-bond donors (Lipinski definition) is 3. The summed E-state index contributed by atoms with van der Waals surface area (Å²) in [4.78, 5) is 18.0. The summed E-state index contributed by atoms with van der Waals surface area (Å²) in [6.07, 6.45) is 0.468. The molecule has 0 saturated heterocycles. The van der Waals surface area contributed by atoms with Gasteiger partial charge in [0.25, 0.3) is 5.56 Å². The van der Waals surface area contributed by atoms with Crippen molar-refractivity contribution in [3.63, 3.8) is 0 Å². The molecule has 0 aliphatic carbocycles. The molecule has 5 rings (SSSR count). The van der Waals surface area contributed by atoms with E-state index < -0.39 is 0 Å². The molecule has 29 heavy (non-hydrogen) atoms. The fraction of sp³-hybridized carbons (Fsp3) is 0.0455. The molecule has 0 spiro atoms. The Labute approximate surface area is 164 Å². The van der Waals surface area contributed by atoms with Gasteiger partial charge in [-0.1, -0.05) is 30.3 Å². The van der Waals surface area contributed by atoms with Crippen molar-refractivity contribution in [2.75, 3.05) is 5.73 Å². The van der Waals surface area contributed by atoms with Crippen LogP contribution in [0.3, 0.4) is 0 Å². The first-order valence-electron chi connectivity index (χ1n) is 9.14. The third kappa shape index (κ3) is 3.02. The van der Waals surface area contributed by atoms with Crippen LogP contribution >= 0.6 is 0 Å². The van der Waals surface area contributed by atoms with Crippen LogP contribution in [0, 0.1) is 5.82 Å². The Balaban J connectivity index is 1.58. The minimum absolute atomic E-state index is 0.223. The van der Waals surface area contributed by atoms with Crippen molar-refractivity contribution in [1.82, 2.24) is 15.2 Å². The lowest BCUT2D eigenvalue weighted by Crippen LogP contribution is -2.11. The number of halogens is 1. The van der Waals surface area contributed by atoms with E-state index in [1.54, 1.807) is 12.1 Å². The largest absolute Gasteiger partial charge is 0.351 e. The number of imidazole rings is 1. The molecule has 0 fully saturated rings. The molecule has 0 aliphatic heterocycles. The minimum Gasteiger partial charge on any atom is -0.290 e. The van der Waals surface area contributed by atoms with Gasteiger partial charge in [0.1, 0.15) is 16.9 Å². The Bertz CT molecular complexity index is 1440. The van der Waals surface area contributed by atoms with Gasteiger partial charge in [-0.2, -0.15) is 5.10 Å². The lowest BCUT2D eigenvalue weighted by Gasteiger charge is -2.09. The molecular weight excluding hydrogens is 369 g/mol. The van der Waals surface area contributed by atoms with Crippen molar-refractivity contribution < 1.29 is 9.37 Å². The fourth-order valence-corrected chi connectivity index (χ4v) is 3.65. The first-order valence-corrected chi connectivity index (χ1v) is 9.14. The molecule has 0 bridgehead atoms. The Morgan fingerprint density at radius 2 is 1.86 bits per heavy atom. The number of H-pyrrole nitrogens is 3. The van der Waals surface area contributed by atoms with E-state index >= 15 is 0 Å². The highest BCUT2D eigenvalue weighted by Gasteiger charge is 2.12. The third-order valence-corrected chi connectivity index (χ3v) is 5.05. The number of aromatic amines is 3. The molecule has 6 nitrogen and oxygen atoms in total. The van der Waals surface area contributed by atoms with E-state index in [1.807, 2.05) is 42.5 Å². The van der Waals surface area contributed by atoms with Crippen LogP contribution in [0.5, 0.6) is 0 Å². The van der Waals surface area contributed by atoms with Gasteiger partial charge in [0.05, 0.1) is 11.1 Å². The summed E-state index contributed by atoms with van der Waals surface area (Å²) in [7, 11) is 0. The predicted octanol–water partition coefficient (Wildman–Crippen LogP) is 3.20. The lowest BCUT2D eigenvalue weighted by atomic mass is 9.98. The van der Waals surface area contributed by atoms with Crippen LogP contribution in [0.15, 0.2) is 65.5 Å². The van der Waals surface area contributed by atoms with Gasteiger partial charge in [-0.15, -0.1) is 0 Å². The third-order valence-electron chi connectivity index (χ3n) is 5.05. The molecule has 7 heteroatoms.